The summed E-state index contributed by atoms with van der Waals surface area (Å²) in [5.41, 5.74) is -1.04. The third-order valence-corrected chi connectivity index (χ3v) is 4.84. The van der Waals surface area contributed by atoms with Crippen LogP contribution in [0.15, 0.2) is 0 Å². The zero-order chi connectivity index (χ0) is 9.69. The van der Waals surface area contributed by atoms with Crippen LogP contribution in [0.1, 0.15) is 0 Å². The topological polar surface area (TPSA) is 83.5 Å². The normalized spacial score (nSPS) is 41.7. The molecule has 0 unspecified atom stereocenters. The highest BCUT2D eigenvalue weighted by molar-refractivity contribution is 7.91. The molecule has 0 aromatic heterocycles. The number of sulfone groups is 1. The number of carbonyl (C=O) groups is 1. The summed E-state index contributed by atoms with van der Waals surface area (Å²) in [7, 11) is -3.13. The highest BCUT2D eigenvalue weighted by Crippen LogP contribution is 2.40. The standard InChI is InChI=1S/C7H11NO4S/c9-6(10)7-3-8-1-5(7)2-13(11,12)4-7/h5,8H,1-4H2,(H,9,10)/t5-,7+/m0/s1. The van der Waals surface area contributed by atoms with E-state index in [4.69, 9.17) is 5.11 Å². The molecule has 0 amide bonds. The Bertz CT molecular complexity index is 350. The van der Waals surface area contributed by atoms with Gasteiger partial charge in [-0.1, -0.05) is 0 Å². The van der Waals surface area contributed by atoms with Gasteiger partial charge in [-0.05, 0) is 0 Å². The molecule has 0 bridgehead atoms. The van der Waals surface area contributed by atoms with Crippen molar-refractivity contribution in [3.63, 3.8) is 0 Å². The quantitative estimate of drug-likeness (QED) is 0.556. The Morgan fingerprint density at radius 1 is 1.54 bits per heavy atom. The summed E-state index contributed by atoms with van der Waals surface area (Å²) < 4.78 is 22.5. The molecule has 0 aromatic rings. The first-order valence-corrected chi connectivity index (χ1v) is 5.93. The molecule has 0 saturated carbocycles. The van der Waals surface area contributed by atoms with Gasteiger partial charge in [-0.2, -0.15) is 0 Å². The highest BCUT2D eigenvalue weighted by Gasteiger charge is 2.58. The molecule has 2 heterocycles. The van der Waals surface area contributed by atoms with Crippen molar-refractivity contribution >= 4 is 15.8 Å². The van der Waals surface area contributed by atoms with Crippen LogP contribution < -0.4 is 5.32 Å². The van der Waals surface area contributed by atoms with Gasteiger partial charge in [0.05, 0.1) is 16.9 Å². The Morgan fingerprint density at radius 3 is 2.77 bits per heavy atom. The molecule has 2 saturated heterocycles. The SMILES string of the molecule is O=C(O)[C@@]12CNC[C@H]1CS(=O)(=O)C2. The van der Waals surface area contributed by atoms with Crippen LogP contribution >= 0.6 is 0 Å². The Labute approximate surface area is 76.0 Å². The van der Waals surface area contributed by atoms with E-state index in [1.54, 1.807) is 0 Å². The summed E-state index contributed by atoms with van der Waals surface area (Å²) >= 11 is 0. The molecule has 2 N–H and O–H groups in total. The molecule has 0 radical (unpaired) electrons. The van der Waals surface area contributed by atoms with Gasteiger partial charge >= 0.3 is 5.97 Å². The zero-order valence-corrected chi connectivity index (χ0v) is 7.80. The second kappa shape index (κ2) is 2.45. The van der Waals surface area contributed by atoms with Crippen LogP contribution in [0.3, 0.4) is 0 Å². The molecule has 2 atom stereocenters. The van der Waals surface area contributed by atoms with Crippen LogP contribution in [0.25, 0.3) is 0 Å². The fourth-order valence-electron chi connectivity index (χ4n) is 2.27. The smallest absolute Gasteiger partial charge is 0.312 e. The van der Waals surface area contributed by atoms with Crippen molar-refractivity contribution in [1.29, 1.82) is 0 Å². The fraction of sp³-hybridized carbons (Fsp3) is 0.857. The van der Waals surface area contributed by atoms with Gasteiger partial charge in [-0.3, -0.25) is 4.79 Å². The first-order valence-electron chi connectivity index (χ1n) is 4.11. The minimum Gasteiger partial charge on any atom is -0.481 e. The van der Waals surface area contributed by atoms with Gasteiger partial charge in [0.1, 0.15) is 0 Å². The Hall–Kier alpha value is -0.620. The maximum atomic E-state index is 11.3. The summed E-state index contributed by atoms with van der Waals surface area (Å²) in [6.45, 7) is 0.789. The number of carboxylic acid groups (broad SMARTS) is 1. The summed E-state index contributed by atoms with van der Waals surface area (Å²) in [6.07, 6.45) is 0. The second-order valence-electron chi connectivity index (χ2n) is 3.84. The lowest BCUT2D eigenvalue weighted by molar-refractivity contribution is -0.147. The Kier molecular flexibility index (Phi) is 1.69. The predicted molar refractivity (Wildman–Crippen MR) is 45.1 cm³/mol. The molecule has 2 aliphatic rings. The third-order valence-electron chi connectivity index (χ3n) is 2.97. The van der Waals surface area contributed by atoms with Gasteiger partial charge in [-0.15, -0.1) is 0 Å². The molecule has 74 valence electrons. The van der Waals surface area contributed by atoms with Crippen LogP contribution in [0.2, 0.25) is 0 Å². The summed E-state index contributed by atoms with van der Waals surface area (Å²) in [5.74, 6) is -1.40. The average molecular weight is 205 g/mol. The molecule has 5 nitrogen and oxygen atoms in total. The van der Waals surface area contributed by atoms with Gasteiger partial charge < -0.3 is 10.4 Å². The van der Waals surface area contributed by atoms with Crippen molar-refractivity contribution in [2.24, 2.45) is 11.3 Å². The fourth-order valence-corrected chi connectivity index (χ4v) is 4.68. The maximum Gasteiger partial charge on any atom is 0.312 e. The first-order chi connectivity index (χ1) is 5.96. The van der Waals surface area contributed by atoms with Crippen LogP contribution in [-0.2, 0) is 14.6 Å². The van der Waals surface area contributed by atoms with E-state index in [9.17, 15) is 13.2 Å². The van der Waals surface area contributed by atoms with E-state index in [0.717, 1.165) is 0 Å². The van der Waals surface area contributed by atoms with Crippen molar-refractivity contribution in [3.8, 4) is 0 Å². The molecule has 2 rings (SSSR count). The third kappa shape index (κ3) is 1.16. The average Bonchev–Trinajstić information content (AvgIpc) is 2.40. The lowest BCUT2D eigenvalue weighted by atomic mass is 9.81. The number of aliphatic carboxylic acids is 1. The maximum absolute atomic E-state index is 11.3. The number of rotatable bonds is 1. The lowest BCUT2D eigenvalue weighted by Gasteiger charge is -2.19. The number of fused-ring (bicyclic) bond motifs is 1. The summed E-state index contributed by atoms with van der Waals surface area (Å²) in [6, 6.07) is 0. The van der Waals surface area contributed by atoms with E-state index in [0.29, 0.717) is 6.54 Å². The zero-order valence-electron chi connectivity index (χ0n) is 6.99. The minimum atomic E-state index is -3.13. The van der Waals surface area contributed by atoms with E-state index >= 15 is 0 Å². The molecule has 13 heavy (non-hydrogen) atoms. The first kappa shape index (κ1) is 8.96. The number of nitrogens with one attached hydrogen (secondary N) is 1. The van der Waals surface area contributed by atoms with E-state index in [2.05, 4.69) is 5.32 Å². The molecular weight excluding hydrogens is 194 g/mol. The van der Waals surface area contributed by atoms with Crippen LogP contribution in [0, 0.1) is 11.3 Å². The lowest BCUT2D eigenvalue weighted by Crippen LogP contribution is -2.38. The van der Waals surface area contributed by atoms with Gasteiger partial charge in [0.25, 0.3) is 0 Å². The molecule has 6 heteroatoms. The van der Waals surface area contributed by atoms with Crippen molar-refractivity contribution in [2.75, 3.05) is 24.6 Å². The number of hydrogen-bond acceptors (Lipinski definition) is 4. The second-order valence-corrected chi connectivity index (χ2v) is 5.95. The van der Waals surface area contributed by atoms with Crippen molar-refractivity contribution in [3.05, 3.63) is 0 Å². The minimum absolute atomic E-state index is 0.0201. The van der Waals surface area contributed by atoms with E-state index in [-0.39, 0.29) is 24.0 Å². The molecular formula is C7H11NO4S. The van der Waals surface area contributed by atoms with Gasteiger partial charge in [0.2, 0.25) is 0 Å². The predicted octanol–water partition coefficient (Wildman–Crippen LogP) is -1.29. The molecule has 2 aliphatic heterocycles. The molecule has 2 fully saturated rings. The van der Waals surface area contributed by atoms with Crippen LogP contribution in [-0.4, -0.2) is 44.1 Å². The van der Waals surface area contributed by atoms with Gasteiger partial charge in [0, 0.05) is 19.0 Å². The highest BCUT2D eigenvalue weighted by atomic mass is 32.2. The Balaban J connectivity index is 2.41. The number of hydrogen-bond donors (Lipinski definition) is 2. The van der Waals surface area contributed by atoms with Crippen molar-refractivity contribution in [1.82, 2.24) is 5.32 Å². The molecule has 0 aliphatic carbocycles. The Morgan fingerprint density at radius 2 is 2.23 bits per heavy atom. The van der Waals surface area contributed by atoms with Crippen molar-refractivity contribution in [2.45, 2.75) is 0 Å². The van der Waals surface area contributed by atoms with Gasteiger partial charge in [0.15, 0.2) is 9.84 Å². The summed E-state index contributed by atoms with van der Waals surface area (Å²) in [5, 5.41) is 11.9. The van der Waals surface area contributed by atoms with E-state index in [1.807, 2.05) is 0 Å². The largest absolute Gasteiger partial charge is 0.481 e. The molecule has 0 spiro atoms. The van der Waals surface area contributed by atoms with Gasteiger partial charge in [-0.25, -0.2) is 8.42 Å². The van der Waals surface area contributed by atoms with Crippen LogP contribution in [0.4, 0.5) is 0 Å². The van der Waals surface area contributed by atoms with E-state index < -0.39 is 21.2 Å². The van der Waals surface area contributed by atoms with Crippen molar-refractivity contribution < 1.29 is 18.3 Å². The monoisotopic (exact) mass is 205 g/mol. The molecule has 0 aromatic carbocycles. The summed E-state index contributed by atoms with van der Waals surface area (Å²) in [4.78, 5) is 11.0. The van der Waals surface area contributed by atoms with E-state index in [1.165, 1.54) is 0 Å². The van der Waals surface area contributed by atoms with Crippen LogP contribution in [0.5, 0.6) is 0 Å². The number of carboxylic acids is 1.